The zero-order valence-electron chi connectivity index (χ0n) is 33.9. The van der Waals surface area contributed by atoms with Gasteiger partial charge in [0, 0.05) is 11.6 Å². The smallest absolute Gasteiger partial charge is 0.221 e. The van der Waals surface area contributed by atoms with Crippen molar-refractivity contribution in [1.82, 2.24) is 37.9 Å². The van der Waals surface area contributed by atoms with Crippen LogP contribution in [0.15, 0.2) is 218 Å². The minimum Gasteiger partial charge on any atom is -0.276 e. The quantitative estimate of drug-likeness (QED) is 0.119. The Morgan fingerprint density at radius 3 is 1.14 bits per heavy atom. The molecule has 0 radical (unpaired) electrons. The van der Waals surface area contributed by atoms with E-state index >= 15 is 0 Å². The van der Waals surface area contributed by atoms with Crippen molar-refractivity contribution in [3.05, 3.63) is 218 Å². The van der Waals surface area contributed by atoms with E-state index in [1.54, 1.807) is 0 Å². The third-order valence-corrected chi connectivity index (χ3v) is 17.3. The van der Waals surface area contributed by atoms with E-state index in [1.165, 1.54) is 20.7 Å². The Balaban J connectivity index is 1.13. The highest BCUT2D eigenvalue weighted by molar-refractivity contribution is 7.19. The lowest BCUT2D eigenvalue weighted by molar-refractivity contribution is 0.970. The molecule has 0 atom stereocenters. The second-order valence-corrected chi connectivity index (χ2v) is 19.8. The minimum absolute atomic E-state index is 0.598. The molecule has 296 valence electrons. The van der Waals surface area contributed by atoms with Crippen LogP contribution in [0, 0.1) is 0 Å². The standard InChI is InChI=1S/C54H36N8Si/c1-4-20-38(21-5-1)63(39-22-6-2-7-23-39,40-24-8-3-9-25-40)41-26-18-19-37(35-41)52-57-50(61-48-33-16-14-31-46(48)59-44-29-12-10-27-42(44)55-53(59)61)36-51(58-52)62-49-34-17-15-32-47(49)60-45-30-13-11-28-43(45)56-54(60)62/h1-36H. The van der Waals surface area contributed by atoms with Gasteiger partial charge in [0.2, 0.25) is 11.6 Å². The van der Waals surface area contributed by atoms with Gasteiger partial charge in [-0.1, -0.05) is 164 Å². The molecule has 8 aromatic carbocycles. The molecule has 5 heterocycles. The molecule has 0 aliphatic heterocycles. The Morgan fingerprint density at radius 1 is 0.302 bits per heavy atom. The van der Waals surface area contributed by atoms with Crippen molar-refractivity contribution in [2.75, 3.05) is 0 Å². The maximum Gasteiger partial charge on any atom is 0.221 e. The van der Waals surface area contributed by atoms with Crippen LogP contribution in [0.1, 0.15) is 0 Å². The van der Waals surface area contributed by atoms with Gasteiger partial charge in [-0.05, 0) is 69.3 Å². The van der Waals surface area contributed by atoms with Gasteiger partial charge in [-0.15, -0.1) is 0 Å². The van der Waals surface area contributed by atoms with Gasteiger partial charge < -0.3 is 0 Å². The molecule has 0 saturated heterocycles. The van der Waals surface area contributed by atoms with E-state index in [-0.39, 0.29) is 0 Å². The van der Waals surface area contributed by atoms with Gasteiger partial charge in [0.05, 0.1) is 44.1 Å². The van der Waals surface area contributed by atoms with E-state index in [1.807, 2.05) is 12.1 Å². The Morgan fingerprint density at radius 2 is 0.683 bits per heavy atom. The van der Waals surface area contributed by atoms with Crippen LogP contribution in [0.3, 0.4) is 0 Å². The van der Waals surface area contributed by atoms with Crippen LogP contribution in [0.2, 0.25) is 0 Å². The molecule has 0 aliphatic carbocycles. The van der Waals surface area contributed by atoms with Gasteiger partial charge >= 0.3 is 0 Å². The van der Waals surface area contributed by atoms with Crippen molar-refractivity contribution in [3.8, 4) is 23.0 Å². The van der Waals surface area contributed by atoms with Gasteiger partial charge in [-0.2, -0.15) is 0 Å². The average Bonchev–Trinajstić information content (AvgIpc) is 4.09. The van der Waals surface area contributed by atoms with Crippen molar-refractivity contribution >= 4 is 84.5 Å². The summed E-state index contributed by atoms with van der Waals surface area (Å²) in [7, 11) is -2.87. The largest absolute Gasteiger partial charge is 0.276 e. The van der Waals surface area contributed by atoms with Gasteiger partial charge in [0.25, 0.3) is 0 Å². The number of aromatic nitrogens is 8. The maximum absolute atomic E-state index is 5.54. The second-order valence-electron chi connectivity index (χ2n) is 16.0. The van der Waals surface area contributed by atoms with Crippen LogP contribution in [-0.4, -0.2) is 45.9 Å². The zero-order chi connectivity index (χ0) is 41.5. The summed E-state index contributed by atoms with van der Waals surface area (Å²) in [4.78, 5) is 21.6. The van der Waals surface area contributed by atoms with Crippen molar-refractivity contribution in [2.24, 2.45) is 0 Å². The fourth-order valence-corrected chi connectivity index (χ4v) is 14.7. The lowest BCUT2D eigenvalue weighted by Gasteiger charge is -2.34. The molecule has 8 nitrogen and oxygen atoms in total. The van der Waals surface area contributed by atoms with Gasteiger partial charge in [-0.3, -0.25) is 17.9 Å². The van der Waals surface area contributed by atoms with E-state index in [4.69, 9.17) is 19.9 Å². The molecule has 13 aromatic rings. The van der Waals surface area contributed by atoms with Gasteiger partial charge in [0.1, 0.15) is 11.6 Å². The lowest BCUT2D eigenvalue weighted by Crippen LogP contribution is -2.74. The second kappa shape index (κ2) is 13.8. The number of hydrogen-bond acceptors (Lipinski definition) is 4. The highest BCUT2D eigenvalue weighted by Crippen LogP contribution is 2.33. The van der Waals surface area contributed by atoms with E-state index in [9.17, 15) is 0 Å². The van der Waals surface area contributed by atoms with Crippen molar-refractivity contribution in [2.45, 2.75) is 0 Å². The number of hydrogen-bond donors (Lipinski definition) is 0. The SMILES string of the molecule is c1ccc([Si](c2ccccc2)(c2ccccc2)c2cccc(-c3nc(-n4c5ccccc5n5c6ccccc6nc45)cc(-n4c5ccccc5n5c6ccccc6nc45)n3)c2)cc1. The third-order valence-electron chi connectivity index (χ3n) is 12.5. The van der Waals surface area contributed by atoms with Crippen LogP contribution < -0.4 is 20.7 Å². The van der Waals surface area contributed by atoms with Crippen LogP contribution in [0.25, 0.3) is 78.7 Å². The molecule has 63 heavy (non-hydrogen) atoms. The third kappa shape index (κ3) is 5.20. The normalized spacial score (nSPS) is 12.1. The molecule has 5 aromatic heterocycles. The van der Waals surface area contributed by atoms with Crippen molar-refractivity contribution < 1.29 is 0 Å². The van der Waals surface area contributed by atoms with Crippen molar-refractivity contribution in [3.63, 3.8) is 0 Å². The molecule has 0 aliphatic rings. The molecule has 0 fully saturated rings. The number of fused-ring (bicyclic) bond motifs is 10. The van der Waals surface area contributed by atoms with E-state index in [0.29, 0.717) is 17.5 Å². The molecule has 9 heteroatoms. The summed E-state index contributed by atoms with van der Waals surface area (Å²) in [6, 6.07) is 77.6. The van der Waals surface area contributed by atoms with E-state index in [0.717, 1.165) is 61.3 Å². The molecule has 0 N–H and O–H groups in total. The Labute approximate surface area is 362 Å². The minimum atomic E-state index is -2.87. The Bertz CT molecular complexity index is 3600. The molecular weight excluding hydrogens is 789 g/mol. The van der Waals surface area contributed by atoms with Gasteiger partial charge in [0.15, 0.2) is 13.9 Å². The first kappa shape index (κ1) is 35.4. The summed E-state index contributed by atoms with van der Waals surface area (Å²) in [5.74, 6) is 3.55. The van der Waals surface area contributed by atoms with Crippen molar-refractivity contribution in [1.29, 1.82) is 0 Å². The first-order chi connectivity index (χ1) is 31.3. The molecule has 0 unspecified atom stereocenters. The number of imidazole rings is 4. The Kier molecular flexibility index (Phi) is 7.75. The molecule has 0 saturated carbocycles. The van der Waals surface area contributed by atoms with Crippen LogP contribution in [-0.2, 0) is 0 Å². The summed E-state index contributed by atoms with van der Waals surface area (Å²) in [5, 5.41) is 5.14. The van der Waals surface area contributed by atoms with Crippen LogP contribution >= 0.6 is 0 Å². The predicted molar refractivity (Wildman–Crippen MR) is 257 cm³/mol. The fraction of sp³-hybridized carbons (Fsp3) is 0. The van der Waals surface area contributed by atoms with Crippen LogP contribution in [0.5, 0.6) is 0 Å². The van der Waals surface area contributed by atoms with E-state index in [2.05, 4.69) is 224 Å². The summed E-state index contributed by atoms with van der Waals surface area (Å²) < 4.78 is 8.82. The molecule has 0 amide bonds. The highest BCUT2D eigenvalue weighted by atomic mass is 28.3. The topological polar surface area (TPSA) is 70.2 Å². The summed E-state index contributed by atoms with van der Waals surface area (Å²) in [6.45, 7) is 0. The molecule has 13 rings (SSSR count). The van der Waals surface area contributed by atoms with E-state index < -0.39 is 8.07 Å². The molecular formula is C54H36N8Si. The van der Waals surface area contributed by atoms with Gasteiger partial charge in [-0.25, -0.2) is 19.9 Å². The zero-order valence-corrected chi connectivity index (χ0v) is 34.9. The summed E-state index contributed by atoms with van der Waals surface area (Å²) in [6.07, 6.45) is 0. The molecule has 0 spiro atoms. The first-order valence-electron chi connectivity index (χ1n) is 21.2. The molecule has 0 bridgehead atoms. The lowest BCUT2D eigenvalue weighted by atomic mass is 10.2. The summed E-state index contributed by atoms with van der Waals surface area (Å²) in [5.41, 5.74) is 8.90. The number of benzene rings is 8. The fourth-order valence-electron chi connectivity index (χ4n) is 9.89. The maximum atomic E-state index is 5.54. The number of rotatable bonds is 7. The summed E-state index contributed by atoms with van der Waals surface area (Å²) >= 11 is 0. The number of para-hydroxylation sites is 8. The highest BCUT2D eigenvalue weighted by Gasteiger charge is 2.41. The first-order valence-corrected chi connectivity index (χ1v) is 23.2. The Hall–Kier alpha value is -8.40. The average molecular weight is 825 g/mol. The monoisotopic (exact) mass is 824 g/mol. The number of nitrogens with zero attached hydrogens (tertiary/aromatic N) is 8. The predicted octanol–water partition coefficient (Wildman–Crippen LogP) is 9.01. The van der Waals surface area contributed by atoms with Crippen LogP contribution in [0.4, 0.5) is 0 Å².